The van der Waals surface area contributed by atoms with Crippen molar-refractivity contribution in [3.63, 3.8) is 0 Å². The molecule has 3 rings (SSSR count). The van der Waals surface area contributed by atoms with Crippen molar-refractivity contribution in [2.45, 2.75) is 37.8 Å². The van der Waals surface area contributed by atoms with E-state index in [0.29, 0.717) is 6.54 Å². The number of ether oxygens (including phenoxy) is 1. The Morgan fingerprint density at radius 1 is 1.33 bits per heavy atom. The minimum Gasteiger partial charge on any atom is -0.472 e. The summed E-state index contributed by atoms with van der Waals surface area (Å²) in [6.07, 6.45) is 4.73. The van der Waals surface area contributed by atoms with E-state index in [1.807, 2.05) is 26.0 Å². The number of aliphatic hydroxyl groups excluding tert-OH is 1. The molecule has 0 saturated heterocycles. The Kier molecular flexibility index (Phi) is 7.88. The second-order valence-corrected chi connectivity index (χ2v) is 10.4. The van der Waals surface area contributed by atoms with Gasteiger partial charge in [-0.05, 0) is 37.6 Å². The predicted octanol–water partition coefficient (Wildman–Crippen LogP) is 2.66. The average Bonchev–Trinajstić information content (AvgIpc) is 2.81. The van der Waals surface area contributed by atoms with Crippen molar-refractivity contribution in [1.29, 1.82) is 0 Å². The lowest BCUT2D eigenvalue weighted by Crippen LogP contribution is -2.50. The van der Waals surface area contributed by atoms with Crippen LogP contribution in [0, 0.1) is 5.92 Å². The summed E-state index contributed by atoms with van der Waals surface area (Å²) in [5.74, 6) is -0.340. The molecule has 0 fully saturated rings. The fourth-order valence-electron chi connectivity index (χ4n) is 3.74. The van der Waals surface area contributed by atoms with Gasteiger partial charge in [0, 0.05) is 25.7 Å². The van der Waals surface area contributed by atoms with Gasteiger partial charge in [-0.3, -0.25) is 4.79 Å². The summed E-state index contributed by atoms with van der Waals surface area (Å²) in [5.41, 5.74) is 1.04. The number of hydrogen-bond donors (Lipinski definition) is 1. The van der Waals surface area contributed by atoms with Gasteiger partial charge in [-0.25, -0.2) is 13.4 Å². The van der Waals surface area contributed by atoms with E-state index >= 15 is 0 Å². The summed E-state index contributed by atoms with van der Waals surface area (Å²) in [4.78, 5) is 19.5. The fraction of sp³-hybridized carbons (Fsp3) is 0.417. The number of nitrogens with zero attached hydrogens (tertiary/aromatic N) is 3. The Labute approximate surface area is 195 Å². The fourth-order valence-corrected chi connectivity index (χ4v) is 4.95. The molecule has 1 aliphatic rings. The molecule has 1 aromatic carbocycles. The van der Waals surface area contributed by atoms with Gasteiger partial charge in [0.25, 0.3) is 5.91 Å². The van der Waals surface area contributed by atoms with Crippen LogP contribution in [0.3, 0.4) is 0 Å². The van der Waals surface area contributed by atoms with E-state index in [0.717, 1.165) is 5.56 Å². The quantitative estimate of drug-likeness (QED) is 0.664. The van der Waals surface area contributed by atoms with Crippen LogP contribution in [0.5, 0.6) is 5.88 Å². The third-order valence-electron chi connectivity index (χ3n) is 5.79. The summed E-state index contributed by atoms with van der Waals surface area (Å²) in [5, 5.41) is 9.74. The molecule has 3 atom stereocenters. The zero-order valence-electron chi connectivity index (χ0n) is 19.4. The average molecular weight is 474 g/mol. The smallest absolute Gasteiger partial charge is 0.259 e. The Morgan fingerprint density at radius 2 is 2.03 bits per heavy atom. The van der Waals surface area contributed by atoms with Crippen LogP contribution in [-0.2, 0) is 10.0 Å². The molecule has 9 heteroatoms. The van der Waals surface area contributed by atoms with Gasteiger partial charge in [-0.1, -0.05) is 37.3 Å². The van der Waals surface area contributed by atoms with Gasteiger partial charge in [-0.15, -0.1) is 0 Å². The molecule has 178 valence electrons. The van der Waals surface area contributed by atoms with E-state index in [2.05, 4.69) is 4.98 Å². The van der Waals surface area contributed by atoms with Crippen LogP contribution in [0.25, 0.3) is 6.08 Å². The van der Waals surface area contributed by atoms with E-state index in [1.54, 1.807) is 54.4 Å². The molecule has 1 amide bonds. The van der Waals surface area contributed by atoms with E-state index < -0.39 is 22.2 Å². The number of hydrogen-bond acceptors (Lipinski definition) is 6. The Bertz CT molecular complexity index is 1100. The van der Waals surface area contributed by atoms with E-state index in [4.69, 9.17) is 4.74 Å². The van der Waals surface area contributed by atoms with Gasteiger partial charge >= 0.3 is 0 Å². The lowest BCUT2D eigenvalue weighted by atomic mass is 10.00. The van der Waals surface area contributed by atoms with Crippen molar-refractivity contribution in [3.05, 3.63) is 59.8 Å². The lowest BCUT2D eigenvalue weighted by Gasteiger charge is -2.37. The third kappa shape index (κ3) is 5.43. The second-order valence-electron chi connectivity index (χ2n) is 8.34. The van der Waals surface area contributed by atoms with Gasteiger partial charge in [0.1, 0.15) is 11.7 Å². The number of amides is 1. The first-order chi connectivity index (χ1) is 15.7. The summed E-state index contributed by atoms with van der Waals surface area (Å²) < 4.78 is 33.5. The first kappa shape index (κ1) is 24.9. The highest BCUT2D eigenvalue weighted by Gasteiger charge is 2.35. The van der Waals surface area contributed by atoms with Crippen LogP contribution < -0.4 is 4.74 Å². The number of aliphatic hydroxyl groups is 1. The molecule has 0 bridgehead atoms. The molecule has 33 heavy (non-hydrogen) atoms. The van der Waals surface area contributed by atoms with Gasteiger partial charge in [0.05, 0.1) is 24.1 Å². The second kappa shape index (κ2) is 10.5. The van der Waals surface area contributed by atoms with Gasteiger partial charge in [0.2, 0.25) is 15.9 Å². The molecule has 2 heterocycles. The molecule has 0 aliphatic carbocycles. The number of sulfonamides is 1. The van der Waals surface area contributed by atoms with E-state index in [9.17, 15) is 18.3 Å². The van der Waals surface area contributed by atoms with Gasteiger partial charge in [-0.2, -0.15) is 4.31 Å². The molecule has 1 aromatic heterocycles. The van der Waals surface area contributed by atoms with E-state index in [-0.39, 0.29) is 41.3 Å². The number of pyridine rings is 1. The van der Waals surface area contributed by atoms with Crippen LogP contribution in [0.15, 0.2) is 53.6 Å². The summed E-state index contributed by atoms with van der Waals surface area (Å²) in [6, 6.07) is 9.52. The zero-order chi connectivity index (χ0) is 24.2. The number of carbonyl (C=O) groups is 1. The summed E-state index contributed by atoms with van der Waals surface area (Å²) in [7, 11) is -2.20. The molecule has 1 aliphatic heterocycles. The maximum absolute atomic E-state index is 13.3. The normalized spacial score (nSPS) is 20.3. The third-order valence-corrected chi connectivity index (χ3v) is 7.63. The molecular formula is C24H31N3O5S. The number of aromatic nitrogens is 1. The van der Waals surface area contributed by atoms with Crippen molar-refractivity contribution in [2.75, 3.05) is 26.7 Å². The summed E-state index contributed by atoms with van der Waals surface area (Å²) in [6.45, 7) is 5.73. The molecular weight excluding hydrogens is 442 g/mol. The van der Waals surface area contributed by atoms with Crippen LogP contribution in [-0.4, -0.2) is 72.5 Å². The predicted molar refractivity (Wildman–Crippen MR) is 126 cm³/mol. The highest BCUT2D eigenvalue weighted by Crippen LogP contribution is 2.28. The topological polar surface area (TPSA) is 100 Å². The number of fused-ring (bicyclic) bond motifs is 1. The molecule has 0 saturated carbocycles. The number of likely N-dealkylation sites (N-methyl/N-ethyl adjacent to an activating group) is 1. The number of benzene rings is 1. The maximum Gasteiger partial charge on any atom is 0.259 e. The molecule has 2 aromatic rings. The first-order valence-electron chi connectivity index (χ1n) is 10.9. The Morgan fingerprint density at radius 3 is 2.67 bits per heavy atom. The standard InChI is InChI=1S/C24H31N3O5S/c1-5-9-19-12-21-23(25-13-19)32-22(17(2)14-27(24(21)29)18(3)16-28)15-26(4)33(30,31)20-10-7-6-8-11-20/h5-13,17-18,22,28H,14-16H2,1-4H3/b9-5+/t17-,18+,22+/m1/s1. The van der Waals surface area contributed by atoms with Crippen LogP contribution in [0.1, 0.15) is 36.7 Å². The molecule has 8 nitrogen and oxygen atoms in total. The minimum atomic E-state index is -3.72. The highest BCUT2D eigenvalue weighted by molar-refractivity contribution is 7.89. The van der Waals surface area contributed by atoms with Crippen molar-refractivity contribution in [2.24, 2.45) is 5.92 Å². The Hall–Kier alpha value is -2.75. The molecule has 0 radical (unpaired) electrons. The van der Waals surface area contributed by atoms with Crippen molar-refractivity contribution in [3.8, 4) is 5.88 Å². The largest absolute Gasteiger partial charge is 0.472 e. The maximum atomic E-state index is 13.3. The van der Waals surface area contributed by atoms with Crippen molar-refractivity contribution < 1.29 is 23.1 Å². The Balaban J connectivity index is 1.98. The summed E-state index contributed by atoms with van der Waals surface area (Å²) >= 11 is 0. The van der Waals surface area contributed by atoms with Gasteiger partial charge in [0.15, 0.2) is 0 Å². The number of allylic oxidation sites excluding steroid dienone is 1. The van der Waals surface area contributed by atoms with Crippen LogP contribution in [0.4, 0.5) is 0 Å². The van der Waals surface area contributed by atoms with Crippen LogP contribution in [0.2, 0.25) is 0 Å². The SMILES string of the molecule is C/C=C/c1cnc2c(c1)C(=O)N([C@@H](C)CO)C[C@@H](C)[C@H](CN(C)S(=O)(=O)c1ccccc1)O2. The molecule has 1 N–H and O–H groups in total. The van der Waals surface area contributed by atoms with Crippen molar-refractivity contribution >= 4 is 22.0 Å². The lowest BCUT2D eigenvalue weighted by molar-refractivity contribution is 0.0373. The highest BCUT2D eigenvalue weighted by atomic mass is 32.2. The van der Waals surface area contributed by atoms with Gasteiger partial charge < -0.3 is 14.7 Å². The van der Waals surface area contributed by atoms with Crippen LogP contribution >= 0.6 is 0 Å². The first-order valence-corrected chi connectivity index (χ1v) is 12.4. The van der Waals surface area contributed by atoms with E-state index in [1.165, 1.54) is 11.4 Å². The minimum absolute atomic E-state index is 0.0751. The number of carbonyl (C=O) groups excluding carboxylic acids is 1. The monoisotopic (exact) mass is 473 g/mol. The zero-order valence-corrected chi connectivity index (χ0v) is 20.2. The van der Waals surface area contributed by atoms with Crippen molar-refractivity contribution in [1.82, 2.24) is 14.2 Å². The molecule has 0 spiro atoms. The molecule has 0 unspecified atom stereocenters. The number of rotatable bonds is 7.